The summed E-state index contributed by atoms with van der Waals surface area (Å²) < 4.78 is 0. The Bertz CT molecular complexity index is 232. The van der Waals surface area contributed by atoms with E-state index < -0.39 is 5.60 Å². The third-order valence-electron chi connectivity index (χ3n) is 4.71. The van der Waals surface area contributed by atoms with E-state index in [1.165, 1.54) is 32.2 Å². The highest BCUT2D eigenvalue weighted by atomic mass is 16.3. The molecule has 1 aliphatic carbocycles. The van der Waals surface area contributed by atoms with E-state index in [0.717, 1.165) is 31.8 Å². The molecule has 2 unspecified atom stereocenters. The molecular formula is C14H28N2O. The first-order valence-electron chi connectivity index (χ1n) is 7.23. The van der Waals surface area contributed by atoms with Crippen molar-refractivity contribution in [3.63, 3.8) is 0 Å². The van der Waals surface area contributed by atoms with Crippen LogP contribution in [0.25, 0.3) is 0 Å². The van der Waals surface area contributed by atoms with Gasteiger partial charge < -0.3 is 15.3 Å². The summed E-state index contributed by atoms with van der Waals surface area (Å²) in [4.78, 5) is 2.55. The fourth-order valence-electron chi connectivity index (χ4n) is 3.36. The van der Waals surface area contributed by atoms with Gasteiger partial charge in [-0.15, -0.1) is 0 Å². The Morgan fingerprint density at radius 2 is 1.88 bits per heavy atom. The smallest absolute Gasteiger partial charge is 0.0644 e. The molecule has 0 radical (unpaired) electrons. The minimum absolute atomic E-state index is 0.411. The van der Waals surface area contributed by atoms with Gasteiger partial charge in [-0.2, -0.15) is 0 Å². The maximum absolute atomic E-state index is 9.96. The Labute approximate surface area is 106 Å². The van der Waals surface area contributed by atoms with Crippen LogP contribution in [-0.2, 0) is 0 Å². The summed E-state index contributed by atoms with van der Waals surface area (Å²) in [5.41, 5.74) is -0.411. The van der Waals surface area contributed by atoms with Crippen molar-refractivity contribution in [1.82, 2.24) is 10.2 Å². The molecule has 17 heavy (non-hydrogen) atoms. The van der Waals surface area contributed by atoms with Crippen molar-refractivity contribution in [3.05, 3.63) is 0 Å². The highest BCUT2D eigenvalue weighted by molar-refractivity contribution is 4.86. The molecule has 0 aromatic rings. The molecule has 2 rings (SSSR count). The summed E-state index contributed by atoms with van der Waals surface area (Å²) in [6, 6.07) is 0.714. The normalized spacial score (nSPS) is 34.8. The maximum Gasteiger partial charge on any atom is 0.0644 e. The quantitative estimate of drug-likeness (QED) is 0.787. The van der Waals surface area contributed by atoms with Gasteiger partial charge in [-0.3, -0.25) is 0 Å². The minimum Gasteiger partial charge on any atom is -0.390 e. The highest BCUT2D eigenvalue weighted by Crippen LogP contribution is 2.27. The predicted molar refractivity (Wildman–Crippen MR) is 71.1 cm³/mol. The molecule has 1 saturated heterocycles. The number of aliphatic hydroxyl groups is 1. The summed E-state index contributed by atoms with van der Waals surface area (Å²) in [6.45, 7) is 5.34. The van der Waals surface area contributed by atoms with Gasteiger partial charge >= 0.3 is 0 Å². The zero-order valence-electron chi connectivity index (χ0n) is 11.4. The van der Waals surface area contributed by atoms with E-state index >= 15 is 0 Å². The highest BCUT2D eigenvalue weighted by Gasteiger charge is 2.30. The largest absolute Gasteiger partial charge is 0.390 e. The minimum atomic E-state index is -0.411. The Kier molecular flexibility index (Phi) is 4.45. The number of likely N-dealkylation sites (tertiary alicyclic amines) is 1. The van der Waals surface area contributed by atoms with E-state index in [0.29, 0.717) is 6.04 Å². The maximum atomic E-state index is 9.96. The molecule has 3 heteroatoms. The second kappa shape index (κ2) is 5.68. The van der Waals surface area contributed by atoms with Crippen molar-refractivity contribution < 1.29 is 5.11 Å². The van der Waals surface area contributed by atoms with Crippen LogP contribution >= 0.6 is 0 Å². The van der Waals surface area contributed by atoms with Gasteiger partial charge in [0.25, 0.3) is 0 Å². The van der Waals surface area contributed by atoms with Gasteiger partial charge in [-0.25, -0.2) is 0 Å². The van der Waals surface area contributed by atoms with Crippen molar-refractivity contribution in [2.75, 3.05) is 26.7 Å². The SMILES string of the molecule is CNC1CCCCC1CN1CCC(C)(O)CC1. The lowest BCUT2D eigenvalue weighted by molar-refractivity contribution is -0.0113. The first kappa shape index (κ1) is 13.3. The summed E-state index contributed by atoms with van der Waals surface area (Å²) in [5, 5.41) is 13.4. The van der Waals surface area contributed by atoms with Crippen LogP contribution in [0.4, 0.5) is 0 Å². The van der Waals surface area contributed by atoms with Crippen LogP contribution in [0.5, 0.6) is 0 Å². The molecule has 2 fully saturated rings. The van der Waals surface area contributed by atoms with Crippen LogP contribution in [-0.4, -0.2) is 48.3 Å². The van der Waals surface area contributed by atoms with E-state index in [2.05, 4.69) is 17.3 Å². The lowest BCUT2D eigenvalue weighted by Crippen LogP contribution is -2.48. The van der Waals surface area contributed by atoms with Gasteiger partial charge in [0.2, 0.25) is 0 Å². The Morgan fingerprint density at radius 1 is 1.24 bits per heavy atom. The average molecular weight is 240 g/mol. The van der Waals surface area contributed by atoms with E-state index in [4.69, 9.17) is 0 Å². The lowest BCUT2D eigenvalue weighted by atomic mass is 9.83. The van der Waals surface area contributed by atoms with E-state index in [9.17, 15) is 5.11 Å². The Morgan fingerprint density at radius 3 is 2.53 bits per heavy atom. The van der Waals surface area contributed by atoms with Crippen LogP contribution in [0.15, 0.2) is 0 Å². The van der Waals surface area contributed by atoms with Gasteiger partial charge in [0, 0.05) is 25.7 Å². The topological polar surface area (TPSA) is 35.5 Å². The molecule has 2 atom stereocenters. The van der Waals surface area contributed by atoms with E-state index in [-0.39, 0.29) is 0 Å². The van der Waals surface area contributed by atoms with Crippen molar-refractivity contribution in [3.8, 4) is 0 Å². The number of nitrogens with one attached hydrogen (secondary N) is 1. The molecule has 3 nitrogen and oxygen atoms in total. The number of hydrogen-bond acceptors (Lipinski definition) is 3. The van der Waals surface area contributed by atoms with Gasteiger partial charge in [-0.05, 0) is 45.6 Å². The van der Waals surface area contributed by atoms with Crippen LogP contribution in [0.2, 0.25) is 0 Å². The summed E-state index contributed by atoms with van der Waals surface area (Å²) >= 11 is 0. The number of hydrogen-bond donors (Lipinski definition) is 2. The van der Waals surface area contributed by atoms with E-state index in [1.807, 2.05) is 6.92 Å². The third kappa shape index (κ3) is 3.67. The van der Waals surface area contributed by atoms with E-state index in [1.54, 1.807) is 0 Å². The second-order valence-electron chi connectivity index (χ2n) is 6.24. The molecule has 0 bridgehead atoms. The van der Waals surface area contributed by atoms with Crippen molar-refractivity contribution in [2.45, 2.75) is 57.1 Å². The molecule has 0 aromatic heterocycles. The molecule has 1 heterocycles. The fourth-order valence-corrected chi connectivity index (χ4v) is 3.36. The first-order chi connectivity index (χ1) is 8.11. The zero-order chi connectivity index (χ0) is 12.3. The van der Waals surface area contributed by atoms with Gasteiger partial charge in [-0.1, -0.05) is 12.8 Å². The number of rotatable bonds is 3. The van der Waals surface area contributed by atoms with Crippen molar-refractivity contribution in [1.29, 1.82) is 0 Å². The molecule has 0 spiro atoms. The summed E-state index contributed by atoms with van der Waals surface area (Å²) in [7, 11) is 2.10. The second-order valence-corrected chi connectivity index (χ2v) is 6.24. The number of piperidine rings is 1. The molecule has 1 aliphatic heterocycles. The van der Waals surface area contributed by atoms with Crippen molar-refractivity contribution >= 4 is 0 Å². The van der Waals surface area contributed by atoms with Crippen LogP contribution in [0, 0.1) is 5.92 Å². The Hall–Kier alpha value is -0.120. The van der Waals surface area contributed by atoms with Gasteiger partial charge in [0.05, 0.1) is 5.60 Å². The molecule has 2 N–H and O–H groups in total. The molecular weight excluding hydrogens is 212 g/mol. The van der Waals surface area contributed by atoms with Crippen LogP contribution in [0.1, 0.15) is 45.4 Å². The molecule has 100 valence electrons. The average Bonchev–Trinajstić information content (AvgIpc) is 2.32. The predicted octanol–water partition coefficient (Wildman–Crippen LogP) is 1.61. The fraction of sp³-hybridized carbons (Fsp3) is 1.00. The summed E-state index contributed by atoms with van der Waals surface area (Å²) in [6.07, 6.45) is 7.37. The monoisotopic (exact) mass is 240 g/mol. The first-order valence-corrected chi connectivity index (χ1v) is 7.23. The third-order valence-corrected chi connectivity index (χ3v) is 4.71. The molecule has 0 aromatic carbocycles. The van der Waals surface area contributed by atoms with Crippen LogP contribution in [0.3, 0.4) is 0 Å². The van der Waals surface area contributed by atoms with Gasteiger partial charge in [0.15, 0.2) is 0 Å². The van der Waals surface area contributed by atoms with Crippen molar-refractivity contribution in [2.24, 2.45) is 5.92 Å². The standard InChI is InChI=1S/C14H28N2O/c1-14(17)7-9-16(10-8-14)11-12-5-3-4-6-13(12)15-2/h12-13,15,17H,3-11H2,1-2H3. The molecule has 1 saturated carbocycles. The lowest BCUT2D eigenvalue weighted by Gasteiger charge is -2.40. The van der Waals surface area contributed by atoms with Gasteiger partial charge in [0.1, 0.15) is 0 Å². The summed E-state index contributed by atoms with van der Waals surface area (Å²) in [5.74, 6) is 0.816. The number of nitrogens with zero attached hydrogens (tertiary/aromatic N) is 1. The molecule has 2 aliphatic rings. The van der Waals surface area contributed by atoms with Crippen LogP contribution < -0.4 is 5.32 Å². The molecule has 0 amide bonds. The Balaban J connectivity index is 1.80. The zero-order valence-corrected chi connectivity index (χ0v) is 11.4.